The highest BCUT2D eigenvalue weighted by Gasteiger charge is 2.38. The number of fused-ring (bicyclic) bond motifs is 2. The summed E-state index contributed by atoms with van der Waals surface area (Å²) >= 11 is 0. The molecule has 0 aliphatic carbocycles. The second kappa shape index (κ2) is 13.5. The Hall–Kier alpha value is -5.86. The van der Waals surface area contributed by atoms with E-state index in [1.807, 2.05) is 84.9 Å². The first-order valence-electron chi connectivity index (χ1n) is 15.7. The molecule has 0 spiro atoms. The van der Waals surface area contributed by atoms with Crippen LogP contribution in [-0.4, -0.2) is 28.4 Å². The van der Waals surface area contributed by atoms with Gasteiger partial charge >= 0.3 is 5.97 Å². The van der Waals surface area contributed by atoms with Crippen LogP contribution in [-0.2, 0) is 22.9 Å². The van der Waals surface area contributed by atoms with E-state index in [0.29, 0.717) is 38.9 Å². The summed E-state index contributed by atoms with van der Waals surface area (Å²) in [5, 5.41) is 0.708. The van der Waals surface area contributed by atoms with Gasteiger partial charge in [-0.15, -0.1) is 0 Å². The van der Waals surface area contributed by atoms with Crippen molar-refractivity contribution in [3.05, 3.63) is 167 Å². The van der Waals surface area contributed by atoms with Crippen LogP contribution in [0.4, 0.5) is 4.39 Å². The lowest BCUT2D eigenvalue weighted by molar-refractivity contribution is -0.236. The largest absolute Gasteiger partial charge is 0.478 e. The molecule has 0 atom stereocenters. The van der Waals surface area contributed by atoms with Crippen LogP contribution in [0.15, 0.2) is 128 Å². The third kappa shape index (κ3) is 5.89. The number of aromatic nitrogens is 1. The molecule has 0 unspecified atom stereocenters. The van der Waals surface area contributed by atoms with E-state index in [-0.39, 0.29) is 37.0 Å². The average Bonchev–Trinajstić information content (AvgIpc) is 3.45. The van der Waals surface area contributed by atoms with Crippen LogP contribution in [0, 0.1) is 5.82 Å². The molecule has 7 nitrogen and oxygen atoms in total. The monoisotopic (exact) mass is 638 g/mol. The topological polar surface area (TPSA) is 78.0 Å². The maximum Gasteiger partial charge on any atom is 0.373 e. The van der Waals surface area contributed by atoms with Crippen molar-refractivity contribution in [3.63, 3.8) is 0 Å². The van der Waals surface area contributed by atoms with E-state index in [4.69, 9.17) is 19.5 Å². The molecule has 1 aliphatic rings. The summed E-state index contributed by atoms with van der Waals surface area (Å²) in [6.45, 7) is 2.38. The first kappa shape index (κ1) is 30.8. The summed E-state index contributed by atoms with van der Waals surface area (Å²) in [4.78, 5) is 44.4. The fraction of sp³-hybridized carbons (Fsp3) is 0.125. The first-order valence-corrected chi connectivity index (χ1v) is 15.7. The van der Waals surface area contributed by atoms with E-state index in [1.54, 1.807) is 42.3 Å². The SMILES string of the molecule is CCOOC(=O)c1ccccc1-c1c2c(c(OC(c3ccccc3)c3ccccc3)c3ncccc13)C(=O)N(Cc1ccc(F)cc1)C2. The van der Waals surface area contributed by atoms with Gasteiger partial charge in [0.25, 0.3) is 5.91 Å². The number of pyridine rings is 1. The number of nitrogens with zero attached hydrogens (tertiary/aromatic N) is 2. The second-order valence-electron chi connectivity index (χ2n) is 11.4. The van der Waals surface area contributed by atoms with E-state index in [0.717, 1.165) is 16.7 Å². The number of rotatable bonds is 10. The molecule has 1 amide bonds. The number of hydrogen-bond donors (Lipinski definition) is 0. The molecular weight excluding hydrogens is 607 g/mol. The fourth-order valence-corrected chi connectivity index (χ4v) is 6.23. The van der Waals surface area contributed by atoms with Crippen molar-refractivity contribution >= 4 is 22.8 Å². The molecule has 48 heavy (non-hydrogen) atoms. The average molecular weight is 639 g/mol. The Morgan fingerprint density at radius 2 is 1.50 bits per heavy atom. The van der Waals surface area contributed by atoms with Gasteiger partial charge in [0.05, 0.1) is 17.7 Å². The van der Waals surface area contributed by atoms with Crippen molar-refractivity contribution in [2.45, 2.75) is 26.1 Å². The highest BCUT2D eigenvalue weighted by Crippen LogP contribution is 2.47. The van der Waals surface area contributed by atoms with Gasteiger partial charge in [0.2, 0.25) is 0 Å². The van der Waals surface area contributed by atoms with Crippen LogP contribution in [0.1, 0.15) is 56.0 Å². The van der Waals surface area contributed by atoms with E-state index >= 15 is 0 Å². The minimum atomic E-state index is -0.653. The van der Waals surface area contributed by atoms with Gasteiger partial charge < -0.3 is 9.64 Å². The maximum absolute atomic E-state index is 14.6. The molecule has 0 bridgehead atoms. The first-order chi connectivity index (χ1) is 23.5. The summed E-state index contributed by atoms with van der Waals surface area (Å²) in [5.74, 6) is -0.914. The molecule has 2 heterocycles. The Kier molecular flexibility index (Phi) is 8.64. The van der Waals surface area contributed by atoms with Crippen molar-refractivity contribution in [2.75, 3.05) is 6.61 Å². The van der Waals surface area contributed by atoms with Crippen LogP contribution in [0.2, 0.25) is 0 Å². The number of ether oxygens (including phenoxy) is 1. The van der Waals surface area contributed by atoms with Gasteiger partial charge in [0.1, 0.15) is 17.4 Å². The van der Waals surface area contributed by atoms with E-state index in [2.05, 4.69) is 0 Å². The molecule has 0 saturated heterocycles. The molecule has 5 aromatic carbocycles. The molecule has 8 heteroatoms. The van der Waals surface area contributed by atoms with Crippen molar-refractivity contribution in [3.8, 4) is 16.9 Å². The molecule has 0 fully saturated rings. The molecular formula is C40H31FN2O5. The molecule has 1 aromatic heterocycles. The van der Waals surface area contributed by atoms with Gasteiger partial charge in [0.15, 0.2) is 5.75 Å². The molecule has 0 saturated carbocycles. The highest BCUT2D eigenvalue weighted by molar-refractivity contribution is 6.14. The standard InChI is InChI=1S/C40H31FN2O5/c1-2-46-48-40(45)31-17-10-9-16-30(31)34-32-18-11-23-42-36(32)38(47-37(27-12-5-3-6-13-27)28-14-7-4-8-15-28)35-33(34)25-43(39(35)44)24-26-19-21-29(41)22-20-26/h3-23,37H,2,24-25H2,1H3. The molecule has 7 rings (SSSR count). The smallest absolute Gasteiger partial charge is 0.373 e. The minimum Gasteiger partial charge on any atom is -0.478 e. The maximum atomic E-state index is 14.6. The Bertz CT molecular complexity index is 2060. The minimum absolute atomic E-state index is 0.193. The number of carbonyl (C=O) groups is 2. The summed E-state index contributed by atoms with van der Waals surface area (Å²) in [6.07, 6.45) is 1.11. The zero-order chi connectivity index (χ0) is 33.0. The van der Waals surface area contributed by atoms with Crippen molar-refractivity contribution in [1.29, 1.82) is 0 Å². The Morgan fingerprint density at radius 3 is 2.19 bits per heavy atom. The molecule has 238 valence electrons. The van der Waals surface area contributed by atoms with E-state index in [9.17, 15) is 14.0 Å². The normalized spacial score (nSPS) is 12.4. The van der Waals surface area contributed by atoms with Gasteiger partial charge in [-0.25, -0.2) is 9.18 Å². The summed E-state index contributed by atoms with van der Waals surface area (Å²) in [6, 6.07) is 36.6. The van der Waals surface area contributed by atoms with Crippen molar-refractivity contribution in [2.24, 2.45) is 0 Å². The quantitative estimate of drug-likeness (QED) is 0.111. The number of benzene rings is 5. The van der Waals surface area contributed by atoms with Crippen molar-refractivity contribution in [1.82, 2.24) is 9.88 Å². The number of halogens is 1. The van der Waals surface area contributed by atoms with Crippen LogP contribution in [0.5, 0.6) is 5.75 Å². The van der Waals surface area contributed by atoms with Gasteiger partial charge in [-0.05, 0) is 64.6 Å². The number of carbonyl (C=O) groups excluding carboxylic acids is 2. The van der Waals surface area contributed by atoms with Crippen LogP contribution >= 0.6 is 0 Å². The van der Waals surface area contributed by atoms with Gasteiger partial charge in [-0.3, -0.25) is 14.7 Å². The van der Waals surface area contributed by atoms with Crippen molar-refractivity contribution < 1.29 is 28.5 Å². The lowest BCUT2D eigenvalue weighted by Crippen LogP contribution is -2.23. The molecule has 1 aliphatic heterocycles. The third-order valence-corrected chi connectivity index (χ3v) is 8.37. The van der Waals surface area contributed by atoms with Gasteiger partial charge in [0, 0.05) is 24.7 Å². The zero-order valence-corrected chi connectivity index (χ0v) is 26.1. The predicted octanol–water partition coefficient (Wildman–Crippen LogP) is 8.47. The number of hydrogen-bond acceptors (Lipinski definition) is 6. The van der Waals surface area contributed by atoms with E-state index in [1.165, 1.54) is 12.1 Å². The van der Waals surface area contributed by atoms with Crippen LogP contribution in [0.3, 0.4) is 0 Å². The molecule has 0 radical (unpaired) electrons. The van der Waals surface area contributed by atoms with Crippen LogP contribution < -0.4 is 4.74 Å². The highest BCUT2D eigenvalue weighted by atomic mass is 19.1. The van der Waals surface area contributed by atoms with Crippen LogP contribution in [0.25, 0.3) is 22.0 Å². The molecule has 6 aromatic rings. The lowest BCUT2D eigenvalue weighted by Gasteiger charge is -2.24. The second-order valence-corrected chi connectivity index (χ2v) is 11.4. The zero-order valence-electron chi connectivity index (χ0n) is 26.1. The van der Waals surface area contributed by atoms with Gasteiger partial charge in [-0.1, -0.05) is 97.1 Å². The summed E-state index contributed by atoms with van der Waals surface area (Å²) in [5.41, 5.74) is 5.65. The summed E-state index contributed by atoms with van der Waals surface area (Å²) < 4.78 is 20.8. The third-order valence-electron chi connectivity index (χ3n) is 8.37. The molecule has 0 N–H and O–H groups in total. The summed E-state index contributed by atoms with van der Waals surface area (Å²) in [7, 11) is 0. The predicted molar refractivity (Wildman–Crippen MR) is 180 cm³/mol. The Morgan fingerprint density at radius 1 is 0.833 bits per heavy atom. The fourth-order valence-electron chi connectivity index (χ4n) is 6.23. The lowest BCUT2D eigenvalue weighted by atomic mass is 9.89. The van der Waals surface area contributed by atoms with Gasteiger partial charge in [-0.2, -0.15) is 4.89 Å². The Balaban J connectivity index is 1.46. The Labute approximate surface area is 277 Å². The van der Waals surface area contributed by atoms with E-state index < -0.39 is 12.1 Å². The number of amides is 1.